The Bertz CT molecular complexity index is 651. The number of ketones is 1. The van der Waals surface area contributed by atoms with Gasteiger partial charge in [0.2, 0.25) is 0 Å². The number of hydrogen-bond acceptors (Lipinski definition) is 3. The fourth-order valence-electron chi connectivity index (χ4n) is 2.93. The SMILES string of the molecule is CCc1cc2c(c(C(=O)NC(C(=O)O)C(C)CC)c1)CCC2=O. The molecule has 0 aromatic heterocycles. The van der Waals surface area contributed by atoms with E-state index in [-0.39, 0.29) is 11.7 Å². The second kappa shape index (κ2) is 6.94. The number of benzene rings is 1. The molecular weight excluding hydrogens is 294 g/mol. The maximum absolute atomic E-state index is 12.6. The van der Waals surface area contributed by atoms with Gasteiger partial charge in [-0.05, 0) is 42.0 Å². The number of aliphatic carboxylic acids is 1. The van der Waals surface area contributed by atoms with Crippen molar-refractivity contribution in [3.05, 3.63) is 34.4 Å². The van der Waals surface area contributed by atoms with E-state index in [2.05, 4.69) is 5.32 Å². The van der Waals surface area contributed by atoms with Crippen LogP contribution in [0.3, 0.4) is 0 Å². The van der Waals surface area contributed by atoms with E-state index in [1.54, 1.807) is 13.0 Å². The maximum Gasteiger partial charge on any atom is 0.326 e. The molecule has 2 unspecified atom stereocenters. The molecule has 0 bridgehead atoms. The van der Waals surface area contributed by atoms with Gasteiger partial charge in [0, 0.05) is 17.5 Å². The molecule has 5 nitrogen and oxygen atoms in total. The number of carboxylic acid groups (broad SMARTS) is 1. The lowest BCUT2D eigenvalue weighted by molar-refractivity contribution is -0.140. The van der Waals surface area contributed by atoms with Crippen molar-refractivity contribution in [2.24, 2.45) is 5.92 Å². The van der Waals surface area contributed by atoms with E-state index in [1.165, 1.54) is 0 Å². The van der Waals surface area contributed by atoms with Gasteiger partial charge < -0.3 is 10.4 Å². The summed E-state index contributed by atoms with van der Waals surface area (Å²) >= 11 is 0. The molecule has 0 fully saturated rings. The Morgan fingerprint density at radius 2 is 1.96 bits per heavy atom. The third-order valence-corrected chi connectivity index (χ3v) is 4.63. The quantitative estimate of drug-likeness (QED) is 0.845. The standard InChI is InChI=1S/C18H23NO4/c1-4-10(3)16(18(22)23)19-17(21)14-9-11(5-2)8-13-12(14)6-7-15(13)20/h8-10,16H,4-7H2,1-3H3,(H,19,21)(H,22,23). The van der Waals surface area contributed by atoms with Crippen LogP contribution in [0, 0.1) is 5.92 Å². The first kappa shape index (κ1) is 17.2. The van der Waals surface area contributed by atoms with Crippen LogP contribution >= 0.6 is 0 Å². The van der Waals surface area contributed by atoms with Gasteiger partial charge in [-0.15, -0.1) is 0 Å². The zero-order chi connectivity index (χ0) is 17.1. The van der Waals surface area contributed by atoms with Gasteiger partial charge in [0.1, 0.15) is 6.04 Å². The molecule has 0 heterocycles. The first-order valence-corrected chi connectivity index (χ1v) is 8.11. The highest BCUT2D eigenvalue weighted by Gasteiger charge is 2.29. The highest BCUT2D eigenvalue weighted by atomic mass is 16.4. The van der Waals surface area contributed by atoms with Crippen molar-refractivity contribution < 1.29 is 19.5 Å². The lowest BCUT2D eigenvalue weighted by atomic mass is 9.95. The van der Waals surface area contributed by atoms with Crippen LogP contribution in [0.5, 0.6) is 0 Å². The van der Waals surface area contributed by atoms with E-state index in [1.807, 2.05) is 19.9 Å². The summed E-state index contributed by atoms with van der Waals surface area (Å²) in [5.41, 5.74) is 2.72. The topological polar surface area (TPSA) is 83.5 Å². The molecule has 5 heteroatoms. The summed E-state index contributed by atoms with van der Waals surface area (Å²) in [5.74, 6) is -1.55. The van der Waals surface area contributed by atoms with Gasteiger partial charge in [-0.3, -0.25) is 9.59 Å². The van der Waals surface area contributed by atoms with E-state index in [0.717, 1.165) is 11.1 Å². The van der Waals surface area contributed by atoms with Crippen LogP contribution < -0.4 is 5.32 Å². The van der Waals surface area contributed by atoms with E-state index in [0.29, 0.717) is 36.8 Å². The minimum atomic E-state index is -1.04. The third kappa shape index (κ3) is 3.44. The minimum Gasteiger partial charge on any atom is -0.480 e. The number of carbonyl (C=O) groups is 3. The van der Waals surface area contributed by atoms with Crippen molar-refractivity contribution in [2.45, 2.75) is 52.5 Å². The van der Waals surface area contributed by atoms with Crippen molar-refractivity contribution in [1.82, 2.24) is 5.32 Å². The first-order valence-electron chi connectivity index (χ1n) is 8.11. The van der Waals surface area contributed by atoms with E-state index in [4.69, 9.17) is 0 Å². The number of Topliss-reactive ketones (excluding diaryl/α,β-unsaturated/α-hetero) is 1. The summed E-state index contributed by atoms with van der Waals surface area (Å²) in [6.45, 7) is 5.65. The Morgan fingerprint density at radius 1 is 1.26 bits per heavy atom. The van der Waals surface area contributed by atoms with Crippen molar-refractivity contribution in [3.63, 3.8) is 0 Å². The van der Waals surface area contributed by atoms with Crippen LogP contribution in [0.2, 0.25) is 0 Å². The maximum atomic E-state index is 12.6. The van der Waals surface area contributed by atoms with Crippen molar-refractivity contribution in [2.75, 3.05) is 0 Å². The fraction of sp³-hybridized carbons (Fsp3) is 0.500. The third-order valence-electron chi connectivity index (χ3n) is 4.63. The zero-order valence-corrected chi connectivity index (χ0v) is 13.8. The van der Waals surface area contributed by atoms with Crippen molar-refractivity contribution in [1.29, 1.82) is 0 Å². The van der Waals surface area contributed by atoms with E-state index in [9.17, 15) is 19.5 Å². The molecule has 124 valence electrons. The molecule has 23 heavy (non-hydrogen) atoms. The minimum absolute atomic E-state index is 0.0565. The molecule has 0 aliphatic heterocycles. The average molecular weight is 317 g/mol. The number of amides is 1. The zero-order valence-electron chi connectivity index (χ0n) is 13.8. The van der Waals surface area contributed by atoms with Crippen LogP contribution in [0.1, 0.15) is 65.5 Å². The summed E-state index contributed by atoms with van der Waals surface area (Å²) < 4.78 is 0. The smallest absolute Gasteiger partial charge is 0.326 e. The summed E-state index contributed by atoms with van der Waals surface area (Å²) in [4.78, 5) is 36.0. The van der Waals surface area contributed by atoms with Gasteiger partial charge in [-0.2, -0.15) is 0 Å². The monoisotopic (exact) mass is 317 g/mol. The fourth-order valence-corrected chi connectivity index (χ4v) is 2.93. The number of carbonyl (C=O) groups excluding carboxylic acids is 2. The Morgan fingerprint density at radius 3 is 2.52 bits per heavy atom. The molecule has 1 aromatic carbocycles. The lowest BCUT2D eigenvalue weighted by Crippen LogP contribution is -2.45. The second-order valence-electron chi connectivity index (χ2n) is 6.12. The van der Waals surface area contributed by atoms with Crippen molar-refractivity contribution >= 4 is 17.7 Å². The molecule has 2 N–H and O–H groups in total. The summed E-state index contributed by atoms with van der Waals surface area (Å²) in [7, 11) is 0. The van der Waals surface area contributed by atoms with E-state index < -0.39 is 17.9 Å². The first-order chi connectivity index (χ1) is 10.9. The van der Waals surface area contributed by atoms with Gasteiger partial charge >= 0.3 is 5.97 Å². The summed E-state index contributed by atoms with van der Waals surface area (Å²) in [6.07, 6.45) is 2.33. The number of aryl methyl sites for hydroxylation is 1. The Hall–Kier alpha value is -2.17. The van der Waals surface area contributed by atoms with Gasteiger partial charge in [0.15, 0.2) is 5.78 Å². The average Bonchev–Trinajstić information content (AvgIpc) is 2.91. The molecule has 0 saturated carbocycles. The van der Waals surface area contributed by atoms with Gasteiger partial charge in [-0.25, -0.2) is 4.79 Å². The molecule has 1 aromatic rings. The molecule has 2 rings (SSSR count). The Labute approximate surface area is 136 Å². The van der Waals surface area contributed by atoms with Crippen LogP contribution in [-0.2, 0) is 17.6 Å². The van der Waals surface area contributed by atoms with Crippen LogP contribution in [0.4, 0.5) is 0 Å². The highest BCUT2D eigenvalue weighted by Crippen LogP contribution is 2.27. The number of rotatable bonds is 6. The predicted octanol–water partition coefficient (Wildman–Crippen LogP) is 2.61. The van der Waals surface area contributed by atoms with Crippen LogP contribution in [0.25, 0.3) is 0 Å². The normalized spacial score (nSPS) is 15.9. The number of nitrogens with one attached hydrogen (secondary N) is 1. The number of carboxylic acids is 1. The second-order valence-corrected chi connectivity index (χ2v) is 6.12. The summed E-state index contributed by atoms with van der Waals surface area (Å²) in [6, 6.07) is 2.71. The highest BCUT2D eigenvalue weighted by molar-refractivity contribution is 6.06. The molecule has 1 amide bonds. The van der Waals surface area contributed by atoms with E-state index >= 15 is 0 Å². The number of fused-ring (bicyclic) bond motifs is 1. The molecule has 0 radical (unpaired) electrons. The van der Waals surface area contributed by atoms with Gasteiger partial charge in [0.25, 0.3) is 5.91 Å². The molecule has 1 aliphatic rings. The molecular formula is C18H23NO4. The van der Waals surface area contributed by atoms with Crippen LogP contribution in [-0.4, -0.2) is 28.8 Å². The predicted molar refractivity (Wildman–Crippen MR) is 86.8 cm³/mol. The lowest BCUT2D eigenvalue weighted by Gasteiger charge is -2.21. The summed E-state index contributed by atoms with van der Waals surface area (Å²) in [5, 5.41) is 12.0. The molecule has 0 spiro atoms. The molecule has 2 atom stereocenters. The molecule has 1 aliphatic carbocycles. The Kier molecular flexibility index (Phi) is 5.19. The van der Waals surface area contributed by atoms with Crippen molar-refractivity contribution in [3.8, 4) is 0 Å². The van der Waals surface area contributed by atoms with Gasteiger partial charge in [0.05, 0.1) is 0 Å². The largest absolute Gasteiger partial charge is 0.480 e. The van der Waals surface area contributed by atoms with Crippen LogP contribution in [0.15, 0.2) is 12.1 Å². The Balaban J connectivity index is 2.36. The van der Waals surface area contributed by atoms with Gasteiger partial charge in [-0.1, -0.05) is 27.2 Å². The molecule has 0 saturated heterocycles. The number of hydrogen-bond donors (Lipinski definition) is 2.